The highest BCUT2D eigenvalue weighted by molar-refractivity contribution is 6.02. The fourth-order valence-electron chi connectivity index (χ4n) is 1.90. The second-order valence-electron chi connectivity index (χ2n) is 3.99. The van der Waals surface area contributed by atoms with Gasteiger partial charge in [-0.15, -0.1) is 0 Å². The largest absolute Gasteiger partial charge is 0.496 e. The van der Waals surface area contributed by atoms with E-state index in [0.29, 0.717) is 12.4 Å². The van der Waals surface area contributed by atoms with Gasteiger partial charge in [0.1, 0.15) is 5.75 Å². The summed E-state index contributed by atoms with van der Waals surface area (Å²) in [6.07, 6.45) is 0.973. The molecule has 0 aliphatic heterocycles. The van der Waals surface area contributed by atoms with Crippen LogP contribution in [0.5, 0.6) is 5.75 Å². The molecule has 0 saturated heterocycles. The maximum absolute atomic E-state index is 11.2. The highest BCUT2D eigenvalue weighted by Crippen LogP contribution is 2.26. The topological polar surface area (TPSA) is 59.9 Å². The molecule has 2 aromatic carbocycles. The molecule has 2 rings (SSSR count). The van der Waals surface area contributed by atoms with E-state index in [-0.39, 0.29) is 0 Å². The fraction of sp³-hybridized carbons (Fsp3) is 0.200. The molecule has 0 bridgehead atoms. The van der Waals surface area contributed by atoms with Gasteiger partial charge in [-0.05, 0) is 23.8 Å². The monoisotopic (exact) mass is 272 g/mol. The van der Waals surface area contributed by atoms with E-state index in [4.69, 9.17) is 9.47 Å². The molecule has 2 aromatic rings. The van der Waals surface area contributed by atoms with Crippen molar-refractivity contribution in [3.63, 3.8) is 0 Å². The van der Waals surface area contributed by atoms with Crippen molar-refractivity contribution in [3.8, 4) is 5.75 Å². The Labute approximate surface area is 117 Å². The van der Waals surface area contributed by atoms with Gasteiger partial charge in [-0.3, -0.25) is 0 Å². The van der Waals surface area contributed by atoms with Gasteiger partial charge in [0.15, 0.2) is 0 Å². The smallest absolute Gasteiger partial charge is 0.427 e. The molecule has 0 fully saturated rings. The first-order chi connectivity index (χ1) is 9.76. The summed E-state index contributed by atoms with van der Waals surface area (Å²) in [5.41, 5.74) is 3.11. The number of carbonyl (C=O) groups excluding carboxylic acids is 1. The Morgan fingerprint density at radius 1 is 1.30 bits per heavy atom. The van der Waals surface area contributed by atoms with Crippen molar-refractivity contribution in [1.82, 2.24) is 5.43 Å². The lowest BCUT2D eigenvalue weighted by atomic mass is 10.0. The number of rotatable bonds is 4. The van der Waals surface area contributed by atoms with Crippen molar-refractivity contribution in [2.24, 2.45) is 5.10 Å². The molecule has 0 heterocycles. The average molecular weight is 272 g/mol. The molecule has 0 aromatic heterocycles. The highest BCUT2D eigenvalue weighted by atomic mass is 16.5. The third-order valence-electron chi connectivity index (χ3n) is 2.78. The number of nitrogens with one attached hydrogen (secondary N) is 1. The minimum Gasteiger partial charge on any atom is -0.496 e. The van der Waals surface area contributed by atoms with E-state index in [2.05, 4.69) is 10.5 Å². The normalized spacial score (nSPS) is 10.7. The van der Waals surface area contributed by atoms with Crippen LogP contribution in [0.3, 0.4) is 0 Å². The summed E-state index contributed by atoms with van der Waals surface area (Å²) < 4.78 is 10.1. The first-order valence-electron chi connectivity index (χ1n) is 6.27. The van der Waals surface area contributed by atoms with Crippen LogP contribution in [0.15, 0.2) is 41.5 Å². The Bertz CT molecular complexity index is 638. The summed E-state index contributed by atoms with van der Waals surface area (Å²) in [7, 11) is 1.60. The van der Waals surface area contributed by atoms with Gasteiger partial charge in [-0.2, -0.15) is 5.10 Å². The molecule has 0 spiro atoms. The maximum atomic E-state index is 11.2. The van der Waals surface area contributed by atoms with E-state index in [1.165, 1.54) is 0 Å². The van der Waals surface area contributed by atoms with E-state index >= 15 is 0 Å². The van der Waals surface area contributed by atoms with Crippen LogP contribution in [0.4, 0.5) is 4.79 Å². The molecule has 5 heteroatoms. The van der Waals surface area contributed by atoms with Gasteiger partial charge in [-0.1, -0.05) is 30.3 Å². The molecule has 104 valence electrons. The molecular weight excluding hydrogens is 256 g/mol. The van der Waals surface area contributed by atoms with Crippen molar-refractivity contribution >= 4 is 23.1 Å². The molecular formula is C15H16N2O3. The lowest BCUT2D eigenvalue weighted by Gasteiger charge is -2.08. The van der Waals surface area contributed by atoms with Gasteiger partial charge in [-0.25, -0.2) is 10.2 Å². The Morgan fingerprint density at radius 2 is 2.10 bits per heavy atom. The van der Waals surface area contributed by atoms with Crippen LogP contribution in [0.1, 0.15) is 12.5 Å². The van der Waals surface area contributed by atoms with Crippen molar-refractivity contribution in [1.29, 1.82) is 0 Å². The molecule has 0 radical (unpaired) electrons. The zero-order chi connectivity index (χ0) is 14.4. The predicted octanol–water partition coefficient (Wildman–Crippen LogP) is 2.93. The Balaban J connectivity index is 2.31. The van der Waals surface area contributed by atoms with Crippen LogP contribution in [0.25, 0.3) is 10.8 Å². The van der Waals surface area contributed by atoms with Gasteiger partial charge < -0.3 is 9.47 Å². The summed E-state index contributed by atoms with van der Waals surface area (Å²) in [6.45, 7) is 2.04. The summed E-state index contributed by atoms with van der Waals surface area (Å²) in [4.78, 5) is 11.2. The van der Waals surface area contributed by atoms with E-state index in [0.717, 1.165) is 16.3 Å². The predicted molar refractivity (Wildman–Crippen MR) is 78.3 cm³/mol. The number of ether oxygens (including phenoxy) is 2. The number of hydrazone groups is 1. The number of amides is 1. The van der Waals surface area contributed by atoms with Crippen molar-refractivity contribution in [2.45, 2.75) is 6.92 Å². The Morgan fingerprint density at radius 3 is 2.85 bits per heavy atom. The van der Waals surface area contributed by atoms with Crippen LogP contribution in [0.2, 0.25) is 0 Å². The van der Waals surface area contributed by atoms with Gasteiger partial charge in [0.05, 0.1) is 19.9 Å². The molecule has 0 unspecified atom stereocenters. The fourth-order valence-corrected chi connectivity index (χ4v) is 1.90. The lowest BCUT2D eigenvalue weighted by molar-refractivity contribution is 0.152. The summed E-state index contributed by atoms with van der Waals surface area (Å²) >= 11 is 0. The SMILES string of the molecule is CCOC(=O)N/N=C/c1c(OC)ccc2ccccc12. The van der Waals surface area contributed by atoms with Crippen LogP contribution in [0, 0.1) is 0 Å². The first-order valence-corrected chi connectivity index (χ1v) is 6.27. The summed E-state index contributed by atoms with van der Waals surface area (Å²) in [5, 5.41) is 5.97. The molecule has 1 amide bonds. The number of hydrogen-bond donors (Lipinski definition) is 1. The summed E-state index contributed by atoms with van der Waals surface area (Å²) in [6, 6.07) is 11.7. The second-order valence-corrected chi connectivity index (χ2v) is 3.99. The average Bonchev–Trinajstić information content (AvgIpc) is 2.47. The third-order valence-corrected chi connectivity index (χ3v) is 2.78. The van der Waals surface area contributed by atoms with Crippen LogP contribution in [-0.4, -0.2) is 26.0 Å². The quantitative estimate of drug-likeness (QED) is 0.687. The van der Waals surface area contributed by atoms with E-state index in [1.54, 1.807) is 20.2 Å². The number of hydrogen-bond acceptors (Lipinski definition) is 4. The minimum atomic E-state index is -0.581. The van der Waals surface area contributed by atoms with E-state index in [9.17, 15) is 4.79 Å². The number of fused-ring (bicyclic) bond motifs is 1. The highest BCUT2D eigenvalue weighted by Gasteiger charge is 2.06. The molecule has 5 nitrogen and oxygen atoms in total. The van der Waals surface area contributed by atoms with Gasteiger partial charge >= 0.3 is 6.09 Å². The maximum Gasteiger partial charge on any atom is 0.427 e. The molecule has 0 atom stereocenters. The molecule has 1 N–H and O–H groups in total. The zero-order valence-corrected chi connectivity index (χ0v) is 11.4. The second kappa shape index (κ2) is 6.56. The minimum absolute atomic E-state index is 0.305. The van der Waals surface area contributed by atoms with Crippen LogP contribution < -0.4 is 10.2 Å². The van der Waals surface area contributed by atoms with Crippen molar-refractivity contribution in [2.75, 3.05) is 13.7 Å². The number of benzene rings is 2. The number of nitrogens with zero attached hydrogens (tertiary/aromatic N) is 1. The van der Waals surface area contributed by atoms with Crippen LogP contribution in [-0.2, 0) is 4.74 Å². The van der Waals surface area contributed by atoms with Gasteiger partial charge in [0, 0.05) is 5.56 Å². The van der Waals surface area contributed by atoms with E-state index in [1.807, 2.05) is 36.4 Å². The van der Waals surface area contributed by atoms with Gasteiger partial charge in [0.2, 0.25) is 0 Å². The van der Waals surface area contributed by atoms with Crippen LogP contribution >= 0.6 is 0 Å². The lowest BCUT2D eigenvalue weighted by Crippen LogP contribution is -2.18. The molecule has 0 aliphatic carbocycles. The van der Waals surface area contributed by atoms with Crippen molar-refractivity contribution in [3.05, 3.63) is 42.0 Å². The van der Waals surface area contributed by atoms with E-state index < -0.39 is 6.09 Å². The summed E-state index contributed by atoms with van der Waals surface area (Å²) in [5.74, 6) is 0.693. The molecule has 0 saturated carbocycles. The standard InChI is InChI=1S/C15H16N2O3/c1-3-20-15(18)17-16-10-13-12-7-5-4-6-11(12)8-9-14(13)19-2/h4-10H,3H2,1-2H3,(H,17,18)/b16-10+. The molecule has 0 aliphatic rings. The number of methoxy groups -OCH3 is 1. The zero-order valence-electron chi connectivity index (χ0n) is 11.4. The van der Waals surface area contributed by atoms with Gasteiger partial charge in [0.25, 0.3) is 0 Å². The number of carbonyl (C=O) groups is 1. The molecule has 20 heavy (non-hydrogen) atoms. The third kappa shape index (κ3) is 3.06. The van der Waals surface area contributed by atoms with Crippen molar-refractivity contribution < 1.29 is 14.3 Å². The first kappa shape index (κ1) is 13.9. The Hall–Kier alpha value is -2.56. The Kier molecular flexibility index (Phi) is 4.55.